The number of hydrogen-bond donors (Lipinski definition) is 1. The van der Waals surface area contributed by atoms with Gasteiger partial charge in [-0.05, 0) is 60.1 Å². The first kappa shape index (κ1) is 19.6. The molecular formula is C23H21ClN2O2S. The molecule has 3 aromatic rings. The largest absolute Gasteiger partial charge is 0.454 e. The molecule has 0 radical (unpaired) electrons. The second kappa shape index (κ2) is 8.72. The van der Waals surface area contributed by atoms with Gasteiger partial charge in [-0.15, -0.1) is 0 Å². The SMILES string of the molecule is Cc1ccc(Cl)c(NC(=S)N(Cc2ccccc2)Cc2ccc3c(c2)OCO3)c1. The minimum absolute atomic E-state index is 0.262. The Balaban J connectivity index is 1.57. The molecule has 0 unspecified atom stereocenters. The van der Waals surface area contributed by atoms with Crippen LogP contribution in [0.4, 0.5) is 5.69 Å². The number of halogens is 1. The number of ether oxygens (including phenoxy) is 2. The average Bonchev–Trinajstić information content (AvgIpc) is 3.19. The number of nitrogens with zero attached hydrogens (tertiary/aromatic N) is 1. The molecule has 6 heteroatoms. The number of nitrogens with one attached hydrogen (secondary N) is 1. The topological polar surface area (TPSA) is 33.7 Å². The number of hydrogen-bond acceptors (Lipinski definition) is 3. The normalized spacial score (nSPS) is 11.9. The molecule has 0 atom stereocenters. The lowest BCUT2D eigenvalue weighted by Crippen LogP contribution is -2.34. The van der Waals surface area contributed by atoms with Gasteiger partial charge in [-0.3, -0.25) is 0 Å². The standard InChI is InChI=1S/C23H21ClN2O2S/c1-16-7-9-19(24)20(11-16)25-23(29)26(13-17-5-3-2-4-6-17)14-18-8-10-21-22(12-18)28-15-27-21/h2-12H,13-15H2,1H3,(H,25,29). The van der Waals surface area contributed by atoms with E-state index in [-0.39, 0.29) is 6.79 Å². The zero-order valence-electron chi connectivity index (χ0n) is 16.0. The van der Waals surface area contributed by atoms with Crippen LogP contribution in [-0.2, 0) is 13.1 Å². The molecule has 0 bridgehead atoms. The molecule has 0 saturated carbocycles. The molecule has 29 heavy (non-hydrogen) atoms. The Labute approximate surface area is 181 Å². The summed E-state index contributed by atoms with van der Waals surface area (Å²) in [6.07, 6.45) is 0. The maximum Gasteiger partial charge on any atom is 0.231 e. The molecule has 1 N–H and O–H groups in total. The molecule has 0 aliphatic carbocycles. The Kier molecular flexibility index (Phi) is 5.88. The zero-order chi connectivity index (χ0) is 20.2. The average molecular weight is 425 g/mol. The number of fused-ring (bicyclic) bond motifs is 1. The molecule has 3 aromatic carbocycles. The van der Waals surface area contributed by atoms with Gasteiger partial charge >= 0.3 is 0 Å². The Hall–Kier alpha value is -2.76. The summed E-state index contributed by atoms with van der Waals surface area (Å²) in [6, 6.07) is 22.1. The molecule has 148 valence electrons. The monoisotopic (exact) mass is 424 g/mol. The zero-order valence-corrected chi connectivity index (χ0v) is 17.6. The highest BCUT2D eigenvalue weighted by Gasteiger charge is 2.17. The molecule has 4 nitrogen and oxygen atoms in total. The fourth-order valence-corrected chi connectivity index (χ4v) is 3.60. The lowest BCUT2D eigenvalue weighted by molar-refractivity contribution is 0.174. The van der Waals surface area contributed by atoms with Crippen molar-refractivity contribution in [1.82, 2.24) is 4.90 Å². The van der Waals surface area contributed by atoms with Crippen molar-refractivity contribution in [2.24, 2.45) is 0 Å². The Morgan fingerprint density at radius 2 is 1.72 bits per heavy atom. The van der Waals surface area contributed by atoms with Gasteiger partial charge in [0.25, 0.3) is 0 Å². The van der Waals surface area contributed by atoms with Crippen LogP contribution in [0.3, 0.4) is 0 Å². The maximum atomic E-state index is 6.36. The Bertz CT molecular complexity index is 1030. The molecule has 1 aliphatic rings. The first-order chi connectivity index (χ1) is 14.1. The second-order valence-corrected chi connectivity index (χ2v) is 7.74. The lowest BCUT2D eigenvalue weighted by Gasteiger charge is -2.27. The van der Waals surface area contributed by atoms with E-state index in [0.29, 0.717) is 23.2 Å². The van der Waals surface area contributed by atoms with E-state index in [4.69, 9.17) is 33.3 Å². The molecule has 0 fully saturated rings. The number of benzene rings is 3. The van der Waals surface area contributed by atoms with Crippen molar-refractivity contribution in [3.05, 3.63) is 88.4 Å². The molecule has 4 rings (SSSR count). The van der Waals surface area contributed by atoms with Crippen LogP contribution in [0.15, 0.2) is 66.7 Å². The van der Waals surface area contributed by atoms with Crippen LogP contribution in [0.1, 0.15) is 16.7 Å². The summed E-state index contributed by atoms with van der Waals surface area (Å²) in [4.78, 5) is 2.11. The summed E-state index contributed by atoms with van der Waals surface area (Å²) >= 11 is 12.1. The van der Waals surface area contributed by atoms with E-state index in [0.717, 1.165) is 28.3 Å². The van der Waals surface area contributed by atoms with Gasteiger partial charge in [0.05, 0.1) is 10.7 Å². The number of aryl methyl sites for hydroxylation is 1. The van der Waals surface area contributed by atoms with Crippen molar-refractivity contribution in [3.63, 3.8) is 0 Å². The van der Waals surface area contributed by atoms with Gasteiger partial charge in [-0.2, -0.15) is 0 Å². The maximum absolute atomic E-state index is 6.36. The van der Waals surface area contributed by atoms with Gasteiger partial charge < -0.3 is 19.7 Å². The third kappa shape index (κ3) is 4.81. The highest BCUT2D eigenvalue weighted by atomic mass is 35.5. The van der Waals surface area contributed by atoms with Gasteiger partial charge in [-0.1, -0.05) is 54.1 Å². The highest BCUT2D eigenvalue weighted by molar-refractivity contribution is 7.80. The molecule has 0 spiro atoms. The molecule has 0 saturated heterocycles. The quantitative estimate of drug-likeness (QED) is 0.525. The van der Waals surface area contributed by atoms with Crippen molar-refractivity contribution >= 4 is 34.6 Å². The van der Waals surface area contributed by atoms with Gasteiger partial charge in [0.15, 0.2) is 16.6 Å². The highest BCUT2D eigenvalue weighted by Crippen LogP contribution is 2.33. The van der Waals surface area contributed by atoms with Gasteiger partial charge in [0.1, 0.15) is 0 Å². The minimum Gasteiger partial charge on any atom is -0.454 e. The number of thiocarbonyl (C=S) groups is 1. The minimum atomic E-state index is 0.262. The van der Waals surface area contributed by atoms with E-state index >= 15 is 0 Å². The lowest BCUT2D eigenvalue weighted by atomic mass is 10.1. The first-order valence-electron chi connectivity index (χ1n) is 9.33. The Morgan fingerprint density at radius 1 is 0.966 bits per heavy atom. The summed E-state index contributed by atoms with van der Waals surface area (Å²) in [5.41, 5.74) is 4.18. The predicted octanol–water partition coefficient (Wildman–Crippen LogP) is 5.78. The molecule has 1 aliphatic heterocycles. The van der Waals surface area contributed by atoms with Crippen molar-refractivity contribution in [3.8, 4) is 11.5 Å². The smallest absolute Gasteiger partial charge is 0.231 e. The van der Waals surface area contributed by atoms with Crippen LogP contribution in [0, 0.1) is 6.92 Å². The van der Waals surface area contributed by atoms with Gasteiger partial charge in [-0.25, -0.2) is 0 Å². The molecule has 1 heterocycles. The summed E-state index contributed by atoms with van der Waals surface area (Å²) in [7, 11) is 0. The van der Waals surface area contributed by atoms with E-state index < -0.39 is 0 Å². The molecule has 0 amide bonds. The fourth-order valence-electron chi connectivity index (χ4n) is 3.19. The van der Waals surface area contributed by atoms with Crippen LogP contribution in [0.2, 0.25) is 5.02 Å². The third-order valence-electron chi connectivity index (χ3n) is 4.68. The van der Waals surface area contributed by atoms with Crippen molar-refractivity contribution in [1.29, 1.82) is 0 Å². The van der Waals surface area contributed by atoms with E-state index in [1.54, 1.807) is 0 Å². The van der Waals surface area contributed by atoms with E-state index in [1.807, 2.05) is 61.5 Å². The fraction of sp³-hybridized carbons (Fsp3) is 0.174. The van der Waals surface area contributed by atoms with Crippen molar-refractivity contribution < 1.29 is 9.47 Å². The number of anilines is 1. The van der Waals surface area contributed by atoms with Crippen LogP contribution in [-0.4, -0.2) is 16.8 Å². The predicted molar refractivity (Wildman–Crippen MR) is 121 cm³/mol. The van der Waals surface area contributed by atoms with E-state index in [2.05, 4.69) is 22.3 Å². The summed E-state index contributed by atoms with van der Waals surface area (Å²) < 4.78 is 10.9. The van der Waals surface area contributed by atoms with Crippen LogP contribution in [0.25, 0.3) is 0 Å². The van der Waals surface area contributed by atoms with Gasteiger partial charge in [0, 0.05) is 13.1 Å². The van der Waals surface area contributed by atoms with Crippen LogP contribution >= 0.6 is 23.8 Å². The van der Waals surface area contributed by atoms with Crippen LogP contribution in [0.5, 0.6) is 11.5 Å². The Morgan fingerprint density at radius 3 is 2.55 bits per heavy atom. The molecular weight excluding hydrogens is 404 g/mol. The van der Waals surface area contributed by atoms with Crippen LogP contribution < -0.4 is 14.8 Å². The number of rotatable bonds is 5. The van der Waals surface area contributed by atoms with E-state index in [9.17, 15) is 0 Å². The van der Waals surface area contributed by atoms with Crippen molar-refractivity contribution in [2.45, 2.75) is 20.0 Å². The van der Waals surface area contributed by atoms with Gasteiger partial charge in [0.2, 0.25) is 6.79 Å². The van der Waals surface area contributed by atoms with E-state index in [1.165, 1.54) is 5.56 Å². The summed E-state index contributed by atoms with van der Waals surface area (Å²) in [5.74, 6) is 1.54. The second-order valence-electron chi connectivity index (χ2n) is 6.94. The van der Waals surface area contributed by atoms with Crippen molar-refractivity contribution in [2.75, 3.05) is 12.1 Å². The summed E-state index contributed by atoms with van der Waals surface area (Å²) in [5, 5.41) is 4.56. The first-order valence-corrected chi connectivity index (χ1v) is 10.1. The summed E-state index contributed by atoms with van der Waals surface area (Å²) in [6.45, 7) is 3.59. The molecule has 0 aromatic heterocycles. The third-order valence-corrected chi connectivity index (χ3v) is 5.37.